The Bertz CT molecular complexity index is 807. The molecule has 2 aromatic heterocycles. The molecule has 0 saturated carbocycles. The summed E-state index contributed by atoms with van der Waals surface area (Å²) in [4.78, 5) is 16.7. The van der Waals surface area contributed by atoms with Crippen molar-refractivity contribution >= 4 is 28.2 Å². The standard InChI is InChI=1S/C15H15FN4OS/c1-9(2)7-13(21)17-14-18-15-20(19-14)12(8-22-15)10-3-5-11(16)6-4-10/h3-6,8-9H,7H2,1-2H3,(H,17,19,21). The van der Waals surface area contributed by atoms with Gasteiger partial charge in [0.1, 0.15) is 5.82 Å². The van der Waals surface area contributed by atoms with Crippen LogP contribution in [0.5, 0.6) is 0 Å². The molecule has 0 radical (unpaired) electrons. The SMILES string of the molecule is CC(C)CC(=O)Nc1nc2scc(-c3ccc(F)cc3)n2n1. The average molecular weight is 318 g/mol. The third kappa shape index (κ3) is 2.99. The van der Waals surface area contributed by atoms with Gasteiger partial charge in [0.25, 0.3) is 0 Å². The number of nitrogens with one attached hydrogen (secondary N) is 1. The van der Waals surface area contributed by atoms with Crippen LogP contribution in [0.25, 0.3) is 16.2 Å². The van der Waals surface area contributed by atoms with Crippen LogP contribution in [0.3, 0.4) is 0 Å². The minimum Gasteiger partial charge on any atom is -0.293 e. The maximum absolute atomic E-state index is 13.0. The monoisotopic (exact) mass is 318 g/mol. The summed E-state index contributed by atoms with van der Waals surface area (Å²) in [6.45, 7) is 3.96. The Morgan fingerprint density at radius 2 is 2.09 bits per heavy atom. The van der Waals surface area contributed by atoms with E-state index in [-0.39, 0.29) is 17.6 Å². The number of amides is 1. The highest BCUT2D eigenvalue weighted by molar-refractivity contribution is 7.15. The Morgan fingerprint density at radius 3 is 2.77 bits per heavy atom. The topological polar surface area (TPSA) is 59.3 Å². The lowest BCUT2D eigenvalue weighted by molar-refractivity contribution is -0.116. The van der Waals surface area contributed by atoms with Crippen molar-refractivity contribution in [2.45, 2.75) is 20.3 Å². The molecule has 22 heavy (non-hydrogen) atoms. The van der Waals surface area contributed by atoms with Gasteiger partial charge in [-0.25, -0.2) is 8.91 Å². The molecule has 0 bridgehead atoms. The van der Waals surface area contributed by atoms with Crippen LogP contribution in [-0.2, 0) is 4.79 Å². The van der Waals surface area contributed by atoms with E-state index in [4.69, 9.17) is 0 Å². The zero-order valence-electron chi connectivity index (χ0n) is 12.2. The van der Waals surface area contributed by atoms with Gasteiger partial charge in [-0.3, -0.25) is 10.1 Å². The summed E-state index contributed by atoms with van der Waals surface area (Å²) in [5.41, 5.74) is 1.66. The Balaban J connectivity index is 1.88. The predicted molar refractivity (Wildman–Crippen MR) is 84.3 cm³/mol. The van der Waals surface area contributed by atoms with Crippen molar-refractivity contribution in [2.24, 2.45) is 5.92 Å². The second kappa shape index (κ2) is 5.84. The van der Waals surface area contributed by atoms with E-state index >= 15 is 0 Å². The first kappa shape index (κ1) is 14.6. The van der Waals surface area contributed by atoms with Crippen molar-refractivity contribution in [1.82, 2.24) is 14.6 Å². The minimum absolute atomic E-state index is 0.100. The molecule has 1 N–H and O–H groups in total. The molecular formula is C15H15FN4OS. The van der Waals surface area contributed by atoms with Gasteiger partial charge in [-0.05, 0) is 30.2 Å². The highest BCUT2D eigenvalue weighted by atomic mass is 32.1. The molecule has 0 spiro atoms. The number of hydrogen-bond acceptors (Lipinski definition) is 4. The third-order valence-corrected chi connectivity index (χ3v) is 3.88. The molecule has 0 aliphatic rings. The lowest BCUT2D eigenvalue weighted by Gasteiger charge is -2.03. The quantitative estimate of drug-likeness (QED) is 0.800. The lowest BCUT2D eigenvalue weighted by atomic mass is 10.1. The number of benzene rings is 1. The highest BCUT2D eigenvalue weighted by Gasteiger charge is 2.14. The maximum Gasteiger partial charge on any atom is 0.250 e. The van der Waals surface area contributed by atoms with Gasteiger partial charge in [0.15, 0.2) is 0 Å². The normalized spacial score (nSPS) is 11.3. The van der Waals surface area contributed by atoms with E-state index in [1.54, 1.807) is 16.6 Å². The molecule has 0 unspecified atom stereocenters. The summed E-state index contributed by atoms with van der Waals surface area (Å²) in [6.07, 6.45) is 0.428. The molecule has 5 nitrogen and oxygen atoms in total. The summed E-state index contributed by atoms with van der Waals surface area (Å²) in [5, 5.41) is 8.92. The van der Waals surface area contributed by atoms with E-state index < -0.39 is 0 Å². The minimum atomic E-state index is -0.282. The predicted octanol–water partition coefficient (Wildman–Crippen LogP) is 3.58. The first-order valence-electron chi connectivity index (χ1n) is 6.93. The number of carbonyl (C=O) groups excluding carboxylic acids is 1. The van der Waals surface area contributed by atoms with Crippen LogP contribution in [0.1, 0.15) is 20.3 Å². The van der Waals surface area contributed by atoms with Crippen molar-refractivity contribution in [2.75, 3.05) is 5.32 Å². The zero-order chi connectivity index (χ0) is 15.7. The fraction of sp³-hybridized carbons (Fsp3) is 0.267. The fourth-order valence-corrected chi connectivity index (χ4v) is 2.93. The van der Waals surface area contributed by atoms with Crippen LogP contribution in [-0.4, -0.2) is 20.5 Å². The molecule has 0 aliphatic carbocycles. The Kier molecular flexibility index (Phi) is 3.89. The van der Waals surface area contributed by atoms with Gasteiger partial charge in [0.05, 0.1) is 5.69 Å². The summed E-state index contributed by atoms with van der Waals surface area (Å²) in [7, 11) is 0. The second-order valence-electron chi connectivity index (χ2n) is 5.40. The molecule has 3 rings (SSSR count). The number of carbonyl (C=O) groups is 1. The van der Waals surface area contributed by atoms with Gasteiger partial charge in [-0.2, -0.15) is 4.98 Å². The zero-order valence-corrected chi connectivity index (χ0v) is 13.0. The lowest BCUT2D eigenvalue weighted by Crippen LogP contribution is -2.14. The number of hydrogen-bond donors (Lipinski definition) is 1. The molecule has 3 aromatic rings. The van der Waals surface area contributed by atoms with Crippen molar-refractivity contribution in [3.8, 4) is 11.3 Å². The smallest absolute Gasteiger partial charge is 0.250 e. The van der Waals surface area contributed by atoms with Crippen LogP contribution in [0.15, 0.2) is 29.6 Å². The molecule has 0 atom stereocenters. The molecular weight excluding hydrogens is 303 g/mol. The van der Waals surface area contributed by atoms with Crippen molar-refractivity contribution in [3.63, 3.8) is 0 Å². The summed E-state index contributed by atoms with van der Waals surface area (Å²) < 4.78 is 14.7. The number of halogens is 1. The van der Waals surface area contributed by atoms with Gasteiger partial charge in [-0.15, -0.1) is 16.4 Å². The largest absolute Gasteiger partial charge is 0.293 e. The Labute approximate surface area is 130 Å². The summed E-state index contributed by atoms with van der Waals surface area (Å²) in [5.74, 6) is 0.186. The van der Waals surface area contributed by atoms with Crippen LogP contribution >= 0.6 is 11.3 Å². The van der Waals surface area contributed by atoms with E-state index in [0.29, 0.717) is 17.3 Å². The fourth-order valence-electron chi connectivity index (χ4n) is 2.10. The van der Waals surface area contributed by atoms with Gasteiger partial charge in [0.2, 0.25) is 16.8 Å². The van der Waals surface area contributed by atoms with Crippen molar-refractivity contribution in [1.29, 1.82) is 0 Å². The molecule has 0 aliphatic heterocycles. The first-order valence-corrected chi connectivity index (χ1v) is 7.81. The van der Waals surface area contributed by atoms with Gasteiger partial charge in [-0.1, -0.05) is 13.8 Å². The molecule has 0 saturated heterocycles. The van der Waals surface area contributed by atoms with Gasteiger partial charge < -0.3 is 0 Å². The molecule has 1 amide bonds. The van der Waals surface area contributed by atoms with Crippen LogP contribution in [0.4, 0.5) is 10.3 Å². The number of thiazole rings is 1. The van der Waals surface area contributed by atoms with E-state index in [1.807, 2.05) is 19.2 Å². The van der Waals surface area contributed by atoms with Crippen molar-refractivity contribution in [3.05, 3.63) is 35.5 Å². The van der Waals surface area contributed by atoms with Gasteiger partial charge >= 0.3 is 0 Å². The van der Waals surface area contributed by atoms with E-state index in [9.17, 15) is 9.18 Å². The number of nitrogens with zero attached hydrogens (tertiary/aromatic N) is 3. The molecule has 7 heteroatoms. The number of aromatic nitrogens is 3. The Hall–Kier alpha value is -2.28. The highest BCUT2D eigenvalue weighted by Crippen LogP contribution is 2.26. The second-order valence-corrected chi connectivity index (χ2v) is 6.24. The average Bonchev–Trinajstić information content (AvgIpc) is 2.98. The van der Waals surface area contributed by atoms with Gasteiger partial charge in [0, 0.05) is 17.4 Å². The molecule has 0 fully saturated rings. The Morgan fingerprint density at radius 1 is 1.36 bits per heavy atom. The van der Waals surface area contributed by atoms with Crippen LogP contribution in [0, 0.1) is 11.7 Å². The number of fused-ring (bicyclic) bond motifs is 1. The molecule has 2 heterocycles. The molecule has 1 aromatic carbocycles. The summed E-state index contributed by atoms with van der Waals surface area (Å²) in [6, 6.07) is 6.19. The third-order valence-electron chi connectivity index (χ3n) is 3.07. The van der Waals surface area contributed by atoms with E-state index in [1.165, 1.54) is 23.5 Å². The first-order chi connectivity index (χ1) is 10.5. The van der Waals surface area contributed by atoms with Crippen LogP contribution < -0.4 is 5.32 Å². The maximum atomic E-state index is 13.0. The van der Waals surface area contributed by atoms with E-state index in [0.717, 1.165) is 11.3 Å². The number of anilines is 1. The van der Waals surface area contributed by atoms with E-state index in [2.05, 4.69) is 15.4 Å². The molecule has 114 valence electrons. The van der Waals surface area contributed by atoms with Crippen molar-refractivity contribution < 1.29 is 9.18 Å². The van der Waals surface area contributed by atoms with Crippen LogP contribution in [0.2, 0.25) is 0 Å². The number of rotatable bonds is 4. The summed E-state index contributed by atoms with van der Waals surface area (Å²) >= 11 is 1.42.